The van der Waals surface area contributed by atoms with Crippen molar-refractivity contribution in [3.05, 3.63) is 84.2 Å². The molecule has 0 radical (unpaired) electrons. The van der Waals surface area contributed by atoms with E-state index in [9.17, 15) is 17.6 Å². The highest BCUT2D eigenvalue weighted by atomic mass is 32.2. The van der Waals surface area contributed by atoms with E-state index in [2.05, 4.69) is 5.32 Å². The van der Waals surface area contributed by atoms with Crippen LogP contribution in [0.25, 0.3) is 0 Å². The Morgan fingerprint density at radius 2 is 1.70 bits per heavy atom. The van der Waals surface area contributed by atoms with E-state index in [4.69, 9.17) is 4.74 Å². The van der Waals surface area contributed by atoms with E-state index in [-0.39, 0.29) is 23.1 Å². The molecule has 1 heterocycles. The Morgan fingerprint density at radius 1 is 1.03 bits per heavy atom. The number of sulfonamides is 1. The number of hydrogen-bond donors (Lipinski definition) is 1. The summed E-state index contributed by atoms with van der Waals surface area (Å²) in [4.78, 5) is 12.3. The van der Waals surface area contributed by atoms with Crippen LogP contribution in [0.5, 0.6) is 5.75 Å². The van der Waals surface area contributed by atoms with Crippen molar-refractivity contribution in [2.75, 3.05) is 16.2 Å². The largest absolute Gasteiger partial charge is 0.487 e. The number of amides is 1. The molecule has 6 nitrogen and oxygen atoms in total. The Hall–Kier alpha value is -3.39. The van der Waals surface area contributed by atoms with Crippen molar-refractivity contribution in [3.63, 3.8) is 0 Å². The highest BCUT2D eigenvalue weighted by Gasteiger charge is 2.32. The summed E-state index contributed by atoms with van der Waals surface area (Å²) in [5, 5.41) is 2.57. The molecule has 4 rings (SSSR count). The van der Waals surface area contributed by atoms with Crippen molar-refractivity contribution in [2.24, 2.45) is 0 Å². The second-order valence-corrected chi connectivity index (χ2v) is 8.75. The Kier molecular flexibility index (Phi) is 5.17. The lowest BCUT2D eigenvalue weighted by molar-refractivity contribution is 0.102. The molecule has 0 fully saturated rings. The maximum atomic E-state index is 13.8. The molecule has 3 aromatic carbocycles. The van der Waals surface area contributed by atoms with Crippen molar-refractivity contribution in [3.8, 4) is 5.75 Å². The van der Waals surface area contributed by atoms with Gasteiger partial charge < -0.3 is 10.1 Å². The second kappa shape index (κ2) is 7.79. The quantitative estimate of drug-likeness (QED) is 0.683. The number of nitrogens with zero attached hydrogens (tertiary/aromatic N) is 1. The number of anilines is 2. The average molecular weight is 426 g/mol. The van der Waals surface area contributed by atoms with Gasteiger partial charge >= 0.3 is 0 Å². The van der Waals surface area contributed by atoms with Crippen LogP contribution < -0.4 is 14.4 Å². The molecule has 0 aliphatic carbocycles. The van der Waals surface area contributed by atoms with Gasteiger partial charge in [0.15, 0.2) is 0 Å². The maximum Gasteiger partial charge on any atom is 0.264 e. The van der Waals surface area contributed by atoms with E-state index in [0.29, 0.717) is 17.1 Å². The highest BCUT2D eigenvalue weighted by molar-refractivity contribution is 7.92. The minimum Gasteiger partial charge on any atom is -0.487 e. The molecule has 3 aromatic rings. The number of carbonyl (C=O) groups is 1. The topological polar surface area (TPSA) is 75.7 Å². The fourth-order valence-corrected chi connectivity index (χ4v) is 4.81. The molecule has 1 aliphatic rings. The summed E-state index contributed by atoms with van der Waals surface area (Å²) in [5.74, 6) is -0.734. The third-order valence-corrected chi connectivity index (χ3v) is 6.50. The first-order chi connectivity index (χ1) is 14.4. The molecule has 154 valence electrons. The Morgan fingerprint density at radius 3 is 2.43 bits per heavy atom. The molecule has 0 aromatic heterocycles. The third kappa shape index (κ3) is 3.73. The van der Waals surface area contributed by atoms with Crippen LogP contribution in [-0.2, 0) is 10.0 Å². The predicted octanol–water partition coefficient (Wildman–Crippen LogP) is 4.05. The molecule has 1 amide bonds. The van der Waals surface area contributed by atoms with Gasteiger partial charge in [-0.2, -0.15) is 0 Å². The molecular weight excluding hydrogens is 407 g/mol. The van der Waals surface area contributed by atoms with Gasteiger partial charge in [-0.25, -0.2) is 12.8 Å². The molecule has 0 unspecified atom stereocenters. The van der Waals surface area contributed by atoms with Gasteiger partial charge in [-0.15, -0.1) is 0 Å². The van der Waals surface area contributed by atoms with Crippen molar-refractivity contribution in [1.29, 1.82) is 0 Å². The number of benzene rings is 3. The van der Waals surface area contributed by atoms with Gasteiger partial charge in [0.1, 0.15) is 17.7 Å². The fourth-order valence-electron chi connectivity index (χ4n) is 3.26. The number of rotatable bonds is 4. The van der Waals surface area contributed by atoms with E-state index < -0.39 is 21.7 Å². The summed E-state index contributed by atoms with van der Waals surface area (Å²) in [6.45, 7) is 1.99. The Bertz CT molecular complexity index is 1200. The minimum absolute atomic E-state index is 0.0790. The molecule has 30 heavy (non-hydrogen) atoms. The zero-order chi connectivity index (χ0) is 21.3. The van der Waals surface area contributed by atoms with E-state index >= 15 is 0 Å². The van der Waals surface area contributed by atoms with E-state index in [1.54, 1.807) is 37.3 Å². The Labute approximate surface area is 174 Å². The predicted molar refractivity (Wildman–Crippen MR) is 112 cm³/mol. The number of halogens is 1. The lowest BCUT2D eigenvalue weighted by Gasteiger charge is -2.34. The SMILES string of the molecule is C[C@@H]1CN(S(=O)(=O)c2ccc(NC(=O)c3ccccc3F)cc2)c2ccccc2O1. The van der Waals surface area contributed by atoms with Crippen LogP contribution in [0.2, 0.25) is 0 Å². The normalized spacial score (nSPS) is 15.8. The number of ether oxygens (including phenoxy) is 1. The second-order valence-electron chi connectivity index (χ2n) is 6.89. The molecule has 1 N–H and O–H groups in total. The zero-order valence-corrected chi connectivity index (χ0v) is 16.9. The Balaban J connectivity index is 1.58. The van der Waals surface area contributed by atoms with Crippen LogP contribution in [0.4, 0.5) is 15.8 Å². The molecule has 0 spiro atoms. The molecule has 0 saturated heterocycles. The van der Waals surface area contributed by atoms with Crippen molar-refractivity contribution >= 4 is 27.3 Å². The number of hydrogen-bond acceptors (Lipinski definition) is 4. The molecule has 0 saturated carbocycles. The minimum atomic E-state index is -3.83. The zero-order valence-electron chi connectivity index (χ0n) is 16.1. The molecule has 8 heteroatoms. The molecule has 1 atom stereocenters. The maximum absolute atomic E-state index is 13.8. The summed E-state index contributed by atoms with van der Waals surface area (Å²) in [6.07, 6.45) is -0.297. The van der Waals surface area contributed by atoms with Gasteiger partial charge in [-0.3, -0.25) is 9.10 Å². The van der Waals surface area contributed by atoms with E-state index in [0.717, 1.165) is 0 Å². The molecule has 1 aliphatic heterocycles. The van der Waals surface area contributed by atoms with Crippen molar-refractivity contribution in [1.82, 2.24) is 0 Å². The summed E-state index contributed by atoms with van der Waals surface area (Å²) in [6, 6.07) is 18.4. The summed E-state index contributed by atoms with van der Waals surface area (Å²) in [5.41, 5.74) is 0.749. The van der Waals surface area contributed by atoms with Crippen LogP contribution in [0.3, 0.4) is 0 Å². The number of carbonyl (C=O) groups excluding carboxylic acids is 1. The van der Waals surface area contributed by atoms with Crippen LogP contribution in [-0.4, -0.2) is 27.0 Å². The lowest BCUT2D eigenvalue weighted by Crippen LogP contribution is -2.42. The monoisotopic (exact) mass is 426 g/mol. The van der Waals surface area contributed by atoms with Gasteiger partial charge in [-0.05, 0) is 55.5 Å². The van der Waals surface area contributed by atoms with E-state index in [1.807, 2.05) is 0 Å². The number of para-hydroxylation sites is 2. The summed E-state index contributed by atoms with van der Waals surface area (Å²) >= 11 is 0. The van der Waals surface area contributed by atoms with Crippen molar-refractivity contribution in [2.45, 2.75) is 17.9 Å². The number of fused-ring (bicyclic) bond motifs is 1. The smallest absolute Gasteiger partial charge is 0.264 e. The first-order valence-electron chi connectivity index (χ1n) is 9.30. The third-order valence-electron chi connectivity index (χ3n) is 4.70. The number of nitrogens with one attached hydrogen (secondary N) is 1. The van der Waals surface area contributed by atoms with Crippen LogP contribution in [0.15, 0.2) is 77.7 Å². The molecule has 0 bridgehead atoms. The van der Waals surface area contributed by atoms with Gasteiger partial charge in [0.25, 0.3) is 15.9 Å². The van der Waals surface area contributed by atoms with E-state index in [1.165, 1.54) is 46.8 Å². The molecular formula is C22H19FN2O4S. The summed E-state index contributed by atoms with van der Waals surface area (Å²) < 4.78 is 47.3. The first kappa shape index (κ1) is 19.9. The van der Waals surface area contributed by atoms with Gasteiger partial charge in [-0.1, -0.05) is 24.3 Å². The van der Waals surface area contributed by atoms with Gasteiger partial charge in [0.05, 0.1) is 22.7 Å². The average Bonchev–Trinajstić information content (AvgIpc) is 2.73. The lowest BCUT2D eigenvalue weighted by atomic mass is 10.2. The van der Waals surface area contributed by atoms with Crippen LogP contribution in [0.1, 0.15) is 17.3 Å². The first-order valence-corrected chi connectivity index (χ1v) is 10.7. The van der Waals surface area contributed by atoms with Gasteiger partial charge in [0, 0.05) is 5.69 Å². The highest BCUT2D eigenvalue weighted by Crippen LogP contribution is 2.36. The standard InChI is InChI=1S/C22H19FN2O4S/c1-15-14-25(20-8-4-5-9-21(20)29-15)30(27,28)17-12-10-16(11-13-17)24-22(26)18-6-2-3-7-19(18)23/h2-13,15H,14H2,1H3,(H,24,26)/t15-/m1/s1. The summed E-state index contributed by atoms with van der Waals surface area (Å²) in [7, 11) is -3.83. The van der Waals surface area contributed by atoms with Crippen molar-refractivity contribution < 1.29 is 22.3 Å². The van der Waals surface area contributed by atoms with Gasteiger partial charge in [0.2, 0.25) is 0 Å². The van der Waals surface area contributed by atoms with Crippen LogP contribution in [0, 0.1) is 5.82 Å². The fraction of sp³-hybridized carbons (Fsp3) is 0.136. The van der Waals surface area contributed by atoms with Crippen LogP contribution >= 0.6 is 0 Å².